The number of carbonyl (C=O) groups is 4. The second-order valence-electron chi connectivity index (χ2n) is 10.6. The van der Waals surface area contributed by atoms with Crippen molar-refractivity contribution in [2.75, 3.05) is 0 Å². The van der Waals surface area contributed by atoms with Gasteiger partial charge in [0, 0.05) is 23.7 Å². The second kappa shape index (κ2) is 12.0. The van der Waals surface area contributed by atoms with Crippen molar-refractivity contribution >= 4 is 23.8 Å². The van der Waals surface area contributed by atoms with E-state index in [1.807, 2.05) is 68.4 Å². The number of carboxylic acids is 1. The predicted molar refractivity (Wildman–Crippen MR) is 144 cm³/mol. The second-order valence-corrected chi connectivity index (χ2v) is 10.6. The summed E-state index contributed by atoms with van der Waals surface area (Å²) in [5.74, 6) is 4.21. The number of urea groups is 1. The van der Waals surface area contributed by atoms with Crippen molar-refractivity contribution in [2.24, 2.45) is 5.92 Å². The maximum atomic E-state index is 13.6. The van der Waals surface area contributed by atoms with Crippen LogP contribution in [0.2, 0.25) is 0 Å². The lowest BCUT2D eigenvalue weighted by Gasteiger charge is -2.28. The lowest BCUT2D eigenvalue weighted by Crippen LogP contribution is -2.53. The number of nitrogens with zero attached hydrogens (tertiary/aromatic N) is 2. The van der Waals surface area contributed by atoms with Crippen LogP contribution in [0.3, 0.4) is 0 Å². The van der Waals surface area contributed by atoms with Crippen molar-refractivity contribution < 1.29 is 24.3 Å². The van der Waals surface area contributed by atoms with Gasteiger partial charge in [-0.2, -0.15) is 0 Å². The minimum atomic E-state index is -1.16. The topological polar surface area (TPSA) is 107 Å². The molecule has 0 aliphatic carbocycles. The quantitative estimate of drug-likeness (QED) is 0.386. The van der Waals surface area contributed by atoms with Gasteiger partial charge in [0.15, 0.2) is 0 Å². The monoisotopic (exact) mass is 517 g/mol. The molecule has 38 heavy (non-hydrogen) atoms. The third kappa shape index (κ3) is 6.80. The van der Waals surface area contributed by atoms with Gasteiger partial charge in [-0.25, -0.2) is 9.69 Å². The summed E-state index contributed by atoms with van der Waals surface area (Å²) in [6.45, 7) is 8.91. The molecule has 0 unspecified atom stereocenters. The largest absolute Gasteiger partial charge is 0.481 e. The van der Waals surface area contributed by atoms with Crippen LogP contribution in [0.25, 0.3) is 0 Å². The molecule has 3 rings (SSSR count). The summed E-state index contributed by atoms with van der Waals surface area (Å²) in [4.78, 5) is 53.8. The summed E-state index contributed by atoms with van der Waals surface area (Å²) in [6, 6.07) is 14.9. The predicted octanol–water partition coefficient (Wildman–Crippen LogP) is 4.02. The first kappa shape index (κ1) is 28.5. The summed E-state index contributed by atoms with van der Waals surface area (Å²) in [5, 5.41) is 11.7. The highest BCUT2D eigenvalue weighted by atomic mass is 16.4. The number of amides is 4. The van der Waals surface area contributed by atoms with Crippen molar-refractivity contribution in [3.8, 4) is 11.8 Å². The zero-order valence-electron chi connectivity index (χ0n) is 22.5. The Labute approximate surface area is 224 Å². The standard InChI is InChI=1S/C30H35N3O5/c1-20(2)17-25(27(36)31-21(3)18-26(34)35)33-28(37)30(4,5)32(29(33)38)19-24-15-13-23(14-16-24)12-11-22-9-7-6-8-10-22/h6-10,13-16,20-21,25H,17-19H2,1-5H3,(H,31,36)(H,34,35)/t21-,25+/m1/s1. The Hall–Kier alpha value is -4.12. The van der Waals surface area contributed by atoms with Gasteiger partial charge in [0.05, 0.1) is 6.42 Å². The maximum absolute atomic E-state index is 13.6. The van der Waals surface area contributed by atoms with Crippen molar-refractivity contribution in [1.29, 1.82) is 0 Å². The summed E-state index contributed by atoms with van der Waals surface area (Å²) < 4.78 is 0. The minimum Gasteiger partial charge on any atom is -0.481 e. The van der Waals surface area contributed by atoms with Crippen molar-refractivity contribution in [1.82, 2.24) is 15.1 Å². The van der Waals surface area contributed by atoms with Crippen molar-refractivity contribution in [2.45, 2.75) is 71.6 Å². The summed E-state index contributed by atoms with van der Waals surface area (Å²) in [6.07, 6.45) is 0.00712. The van der Waals surface area contributed by atoms with Crippen LogP contribution in [0.1, 0.15) is 64.2 Å². The van der Waals surface area contributed by atoms with E-state index < -0.39 is 41.4 Å². The number of benzene rings is 2. The van der Waals surface area contributed by atoms with E-state index in [2.05, 4.69) is 17.2 Å². The fourth-order valence-electron chi connectivity index (χ4n) is 4.38. The Morgan fingerprint density at radius 1 is 0.947 bits per heavy atom. The van der Waals surface area contributed by atoms with Gasteiger partial charge in [-0.15, -0.1) is 0 Å². The smallest absolute Gasteiger partial charge is 0.328 e. The van der Waals surface area contributed by atoms with Gasteiger partial charge in [0.25, 0.3) is 5.91 Å². The van der Waals surface area contributed by atoms with E-state index >= 15 is 0 Å². The van der Waals surface area contributed by atoms with E-state index in [-0.39, 0.29) is 25.3 Å². The molecule has 1 saturated heterocycles. The van der Waals surface area contributed by atoms with Gasteiger partial charge in [0.1, 0.15) is 11.6 Å². The molecule has 2 atom stereocenters. The van der Waals surface area contributed by atoms with Gasteiger partial charge < -0.3 is 15.3 Å². The van der Waals surface area contributed by atoms with Crippen LogP contribution in [0.15, 0.2) is 54.6 Å². The molecule has 0 saturated carbocycles. The highest BCUT2D eigenvalue weighted by Crippen LogP contribution is 2.32. The lowest BCUT2D eigenvalue weighted by molar-refractivity contribution is -0.140. The highest BCUT2D eigenvalue weighted by Gasteiger charge is 2.54. The normalized spacial score (nSPS) is 16.2. The Kier molecular flexibility index (Phi) is 8.95. The van der Waals surface area contributed by atoms with E-state index in [0.29, 0.717) is 0 Å². The third-order valence-corrected chi connectivity index (χ3v) is 6.45. The van der Waals surface area contributed by atoms with E-state index in [4.69, 9.17) is 5.11 Å². The van der Waals surface area contributed by atoms with E-state index in [1.165, 1.54) is 4.90 Å². The molecular weight excluding hydrogens is 482 g/mol. The number of nitrogens with one attached hydrogen (secondary N) is 1. The van der Waals surface area contributed by atoms with Gasteiger partial charge in [-0.1, -0.05) is 56.0 Å². The fraction of sp³-hybridized carbons (Fsp3) is 0.400. The molecule has 1 fully saturated rings. The van der Waals surface area contributed by atoms with E-state index in [9.17, 15) is 19.2 Å². The van der Waals surface area contributed by atoms with E-state index in [1.54, 1.807) is 20.8 Å². The molecule has 0 aromatic heterocycles. The first-order chi connectivity index (χ1) is 17.9. The summed E-state index contributed by atoms with van der Waals surface area (Å²) >= 11 is 0. The van der Waals surface area contributed by atoms with Gasteiger partial charge in [-0.3, -0.25) is 14.4 Å². The molecule has 2 N–H and O–H groups in total. The molecule has 1 aliphatic rings. The molecule has 2 aromatic carbocycles. The highest BCUT2D eigenvalue weighted by molar-refractivity contribution is 6.09. The zero-order valence-corrected chi connectivity index (χ0v) is 22.5. The molecule has 1 heterocycles. The van der Waals surface area contributed by atoms with Crippen LogP contribution < -0.4 is 5.32 Å². The molecule has 200 valence electrons. The maximum Gasteiger partial charge on any atom is 0.328 e. The van der Waals surface area contributed by atoms with Crippen molar-refractivity contribution in [3.05, 3.63) is 71.3 Å². The van der Waals surface area contributed by atoms with Crippen LogP contribution in [0.4, 0.5) is 4.79 Å². The molecule has 2 aromatic rings. The van der Waals surface area contributed by atoms with Gasteiger partial charge in [0.2, 0.25) is 5.91 Å². The minimum absolute atomic E-state index is 0.0165. The molecule has 0 spiro atoms. The average Bonchev–Trinajstić information content (AvgIpc) is 3.01. The molecule has 0 bridgehead atoms. The number of hydrogen-bond donors (Lipinski definition) is 2. The zero-order chi connectivity index (χ0) is 28.0. The number of aliphatic carboxylic acids is 1. The van der Waals surface area contributed by atoms with E-state index in [0.717, 1.165) is 21.6 Å². The SMILES string of the molecule is CC(C)C[C@@H](C(=O)N[C@H](C)CC(=O)O)N1C(=O)N(Cc2ccc(C#Cc3ccccc3)cc2)C(C)(C)C1=O. The first-order valence-corrected chi connectivity index (χ1v) is 12.7. The molecule has 8 nitrogen and oxygen atoms in total. The molecule has 1 aliphatic heterocycles. The lowest BCUT2D eigenvalue weighted by atomic mass is 9.99. The van der Waals surface area contributed by atoms with Gasteiger partial charge >= 0.3 is 12.0 Å². The summed E-state index contributed by atoms with van der Waals surface area (Å²) in [5.41, 5.74) is 1.40. The van der Waals surface area contributed by atoms with Gasteiger partial charge in [-0.05, 0) is 62.9 Å². The van der Waals surface area contributed by atoms with Crippen LogP contribution in [-0.4, -0.2) is 56.3 Å². The molecule has 0 radical (unpaired) electrons. The van der Waals surface area contributed by atoms with Crippen LogP contribution in [0.5, 0.6) is 0 Å². The Morgan fingerprint density at radius 3 is 2.08 bits per heavy atom. The fourth-order valence-corrected chi connectivity index (χ4v) is 4.38. The summed E-state index contributed by atoms with van der Waals surface area (Å²) in [7, 11) is 0. The Bertz CT molecular complexity index is 1240. The Morgan fingerprint density at radius 2 is 1.53 bits per heavy atom. The van der Waals surface area contributed by atoms with Crippen molar-refractivity contribution in [3.63, 3.8) is 0 Å². The number of carbonyl (C=O) groups excluding carboxylic acids is 3. The molecular formula is C30H35N3O5. The van der Waals surface area contributed by atoms with Crippen LogP contribution in [0, 0.1) is 17.8 Å². The third-order valence-electron chi connectivity index (χ3n) is 6.45. The number of rotatable bonds is 9. The average molecular weight is 518 g/mol. The number of hydrogen-bond acceptors (Lipinski definition) is 4. The molecule has 8 heteroatoms. The number of carboxylic acid groups (broad SMARTS) is 1. The molecule has 4 amide bonds. The number of imide groups is 1. The van der Waals surface area contributed by atoms with Crippen LogP contribution in [-0.2, 0) is 20.9 Å². The Balaban J connectivity index is 1.79. The first-order valence-electron chi connectivity index (χ1n) is 12.7. The van der Waals surface area contributed by atoms with Crippen LogP contribution >= 0.6 is 0 Å².